The monoisotopic (exact) mass is 618 g/mol. The maximum absolute atomic E-state index is 7.28. The van der Waals surface area contributed by atoms with E-state index in [1.807, 2.05) is 0 Å². The molecule has 0 saturated heterocycles. The first-order chi connectivity index (χ1) is 23.6. The number of anilines is 6. The fraction of sp³-hybridized carbons (Fsp3) is 0.0667. The molecule has 0 aromatic heterocycles. The van der Waals surface area contributed by atoms with Gasteiger partial charge in [-0.25, -0.2) is 0 Å². The molecule has 230 valence electrons. The van der Waals surface area contributed by atoms with Gasteiger partial charge in [0, 0.05) is 22.4 Å². The summed E-state index contributed by atoms with van der Waals surface area (Å²) in [5, 5.41) is 0. The summed E-state index contributed by atoms with van der Waals surface area (Å²) in [7, 11) is 0. The van der Waals surface area contributed by atoms with E-state index in [4.69, 9.17) is 4.74 Å². The zero-order chi connectivity index (χ0) is 32.2. The van der Waals surface area contributed by atoms with Gasteiger partial charge in [-0.1, -0.05) is 141 Å². The van der Waals surface area contributed by atoms with Crippen molar-refractivity contribution in [2.24, 2.45) is 0 Å². The van der Waals surface area contributed by atoms with Gasteiger partial charge >= 0.3 is 0 Å². The molecule has 48 heavy (non-hydrogen) atoms. The van der Waals surface area contributed by atoms with Crippen molar-refractivity contribution in [2.45, 2.75) is 19.3 Å². The Kier molecular flexibility index (Phi) is 6.48. The molecule has 0 saturated carbocycles. The minimum Gasteiger partial charge on any atom is -0.450 e. The van der Waals surface area contributed by atoms with E-state index < -0.39 is 0 Å². The number of para-hydroxylation sites is 3. The van der Waals surface area contributed by atoms with Gasteiger partial charge in [-0.15, -0.1) is 0 Å². The third-order valence-corrected chi connectivity index (χ3v) is 9.84. The van der Waals surface area contributed by atoms with Crippen molar-refractivity contribution in [3.8, 4) is 33.8 Å². The number of fused-ring (bicyclic) bond motifs is 4. The van der Waals surface area contributed by atoms with Gasteiger partial charge in [0.05, 0.1) is 22.7 Å². The highest BCUT2D eigenvalue weighted by atomic mass is 16.5. The zero-order valence-electron chi connectivity index (χ0n) is 27.0. The summed E-state index contributed by atoms with van der Waals surface area (Å²) >= 11 is 0. The lowest BCUT2D eigenvalue weighted by Crippen LogP contribution is -2.32. The topological polar surface area (TPSA) is 15.7 Å². The molecule has 0 aliphatic carbocycles. The van der Waals surface area contributed by atoms with Gasteiger partial charge in [0.15, 0.2) is 11.5 Å². The second-order valence-electron chi connectivity index (χ2n) is 13.0. The van der Waals surface area contributed by atoms with Crippen molar-refractivity contribution in [2.75, 3.05) is 9.80 Å². The van der Waals surface area contributed by atoms with Crippen LogP contribution in [0.5, 0.6) is 11.5 Å². The second-order valence-corrected chi connectivity index (χ2v) is 13.0. The van der Waals surface area contributed by atoms with Crippen LogP contribution in [0.15, 0.2) is 170 Å². The summed E-state index contributed by atoms with van der Waals surface area (Å²) in [5.41, 5.74) is 13.3. The maximum Gasteiger partial charge on any atom is 0.175 e. The molecule has 0 radical (unpaired) electrons. The third kappa shape index (κ3) is 4.35. The predicted molar refractivity (Wildman–Crippen MR) is 199 cm³/mol. The molecular weight excluding hydrogens is 585 g/mol. The molecule has 3 nitrogen and oxygen atoms in total. The number of nitrogens with zero attached hydrogens (tertiary/aromatic N) is 2. The molecule has 2 heterocycles. The summed E-state index contributed by atoms with van der Waals surface area (Å²) in [6, 6.07) is 60.4. The van der Waals surface area contributed by atoms with Gasteiger partial charge in [0.1, 0.15) is 0 Å². The Labute approximate surface area is 281 Å². The van der Waals surface area contributed by atoms with Crippen molar-refractivity contribution in [1.82, 2.24) is 0 Å². The largest absolute Gasteiger partial charge is 0.450 e. The van der Waals surface area contributed by atoms with Crippen LogP contribution in [0.4, 0.5) is 34.1 Å². The van der Waals surface area contributed by atoms with Crippen LogP contribution < -0.4 is 14.5 Å². The van der Waals surface area contributed by atoms with E-state index in [2.05, 4.69) is 194 Å². The smallest absolute Gasteiger partial charge is 0.175 e. The van der Waals surface area contributed by atoms with Gasteiger partial charge in [-0.2, -0.15) is 0 Å². The highest BCUT2D eigenvalue weighted by Crippen LogP contribution is 2.63. The van der Waals surface area contributed by atoms with Crippen LogP contribution in [-0.4, -0.2) is 0 Å². The summed E-state index contributed by atoms with van der Waals surface area (Å²) in [6.07, 6.45) is 0. The first-order valence-electron chi connectivity index (χ1n) is 16.5. The normalized spacial score (nSPS) is 13.5. The molecular formula is C45H34N2O. The lowest BCUT2D eigenvalue weighted by molar-refractivity contribution is 0.474. The van der Waals surface area contributed by atoms with Crippen LogP contribution >= 0.6 is 0 Å². The fourth-order valence-corrected chi connectivity index (χ4v) is 7.47. The molecule has 7 aromatic carbocycles. The number of hydrogen-bond acceptors (Lipinski definition) is 3. The van der Waals surface area contributed by atoms with Crippen LogP contribution in [0.3, 0.4) is 0 Å². The predicted octanol–water partition coefficient (Wildman–Crippen LogP) is 12.7. The zero-order valence-corrected chi connectivity index (χ0v) is 27.0. The van der Waals surface area contributed by atoms with Gasteiger partial charge in [-0.3, -0.25) is 0 Å². The Morgan fingerprint density at radius 2 is 1.04 bits per heavy atom. The average molecular weight is 619 g/mol. The van der Waals surface area contributed by atoms with Crippen molar-refractivity contribution in [3.05, 3.63) is 181 Å². The molecule has 0 N–H and O–H groups in total. The van der Waals surface area contributed by atoms with Crippen LogP contribution in [0.1, 0.15) is 25.0 Å². The van der Waals surface area contributed by atoms with E-state index in [9.17, 15) is 0 Å². The molecule has 7 aromatic rings. The molecule has 9 rings (SSSR count). The summed E-state index contributed by atoms with van der Waals surface area (Å²) in [4.78, 5) is 4.74. The standard InChI is InChI=1S/C45H34N2O/c1-45(2)37-21-12-13-22-39(37)47-41-24-14-23-40(44(41)48-43-36(29-30-38(45)42(43)47)33-17-8-4-9-18-33)46(34-19-10-5-11-20-34)35-27-25-32(26-28-35)31-15-6-3-7-16-31/h3-30H,1-2H3. The second kappa shape index (κ2) is 11.0. The minimum atomic E-state index is -0.207. The van der Waals surface area contributed by atoms with E-state index in [1.165, 1.54) is 27.9 Å². The fourth-order valence-electron chi connectivity index (χ4n) is 7.47. The number of rotatable bonds is 5. The Balaban J connectivity index is 1.29. The van der Waals surface area contributed by atoms with E-state index >= 15 is 0 Å². The van der Waals surface area contributed by atoms with Crippen molar-refractivity contribution in [1.29, 1.82) is 0 Å². The lowest BCUT2D eigenvalue weighted by Gasteiger charge is -2.46. The van der Waals surface area contributed by atoms with Crippen LogP contribution in [0.25, 0.3) is 22.3 Å². The van der Waals surface area contributed by atoms with Crippen LogP contribution in [-0.2, 0) is 5.41 Å². The van der Waals surface area contributed by atoms with E-state index in [0.29, 0.717) is 0 Å². The average Bonchev–Trinajstić information content (AvgIpc) is 3.15. The van der Waals surface area contributed by atoms with Gasteiger partial charge < -0.3 is 14.5 Å². The first kappa shape index (κ1) is 28.2. The Hall–Kier alpha value is -6.06. The van der Waals surface area contributed by atoms with E-state index in [1.54, 1.807) is 0 Å². The van der Waals surface area contributed by atoms with Gasteiger partial charge in [-0.05, 0) is 70.3 Å². The van der Waals surface area contributed by atoms with Crippen molar-refractivity contribution in [3.63, 3.8) is 0 Å². The van der Waals surface area contributed by atoms with Gasteiger partial charge in [0.25, 0.3) is 0 Å². The molecule has 0 bridgehead atoms. The molecule has 3 heteroatoms. The van der Waals surface area contributed by atoms with E-state index in [0.717, 1.165) is 51.1 Å². The number of ether oxygens (including phenoxy) is 1. The number of hydrogen-bond donors (Lipinski definition) is 0. The summed E-state index contributed by atoms with van der Waals surface area (Å²) in [6.45, 7) is 4.65. The van der Waals surface area contributed by atoms with Gasteiger partial charge in [0.2, 0.25) is 0 Å². The molecule has 0 amide bonds. The van der Waals surface area contributed by atoms with Crippen LogP contribution in [0, 0.1) is 0 Å². The lowest BCUT2D eigenvalue weighted by atomic mass is 9.72. The Morgan fingerprint density at radius 3 is 1.77 bits per heavy atom. The molecule has 0 spiro atoms. The van der Waals surface area contributed by atoms with Crippen LogP contribution in [0.2, 0.25) is 0 Å². The summed E-state index contributed by atoms with van der Waals surface area (Å²) < 4.78 is 7.28. The maximum atomic E-state index is 7.28. The quantitative estimate of drug-likeness (QED) is 0.191. The molecule has 2 aliphatic heterocycles. The molecule has 2 aliphatic rings. The molecule has 0 atom stereocenters. The SMILES string of the molecule is CC1(C)c2ccccc2N2c3cccc(N(c4ccccc4)c4ccc(-c5ccccc5)cc4)c3Oc3c(-c4ccccc4)ccc1c32. The Bertz CT molecular complexity index is 2280. The minimum absolute atomic E-state index is 0.207. The highest BCUT2D eigenvalue weighted by molar-refractivity contribution is 6.00. The third-order valence-electron chi connectivity index (χ3n) is 9.84. The Morgan fingerprint density at radius 1 is 0.458 bits per heavy atom. The van der Waals surface area contributed by atoms with Crippen molar-refractivity contribution < 1.29 is 4.74 Å². The highest BCUT2D eigenvalue weighted by Gasteiger charge is 2.43. The molecule has 0 unspecified atom stereocenters. The number of benzene rings is 7. The first-order valence-corrected chi connectivity index (χ1v) is 16.5. The molecule has 0 fully saturated rings. The van der Waals surface area contributed by atoms with E-state index in [-0.39, 0.29) is 5.41 Å². The van der Waals surface area contributed by atoms with Crippen molar-refractivity contribution >= 4 is 34.1 Å². The summed E-state index contributed by atoms with van der Waals surface area (Å²) in [5.74, 6) is 1.71.